The van der Waals surface area contributed by atoms with Crippen molar-refractivity contribution >= 4 is 11.7 Å². The molecular weight excluding hydrogens is 237 g/mol. The van der Waals surface area contributed by atoms with E-state index in [0.29, 0.717) is 31.0 Å². The van der Waals surface area contributed by atoms with E-state index in [1.807, 2.05) is 0 Å². The Morgan fingerprint density at radius 3 is 2.89 bits per heavy atom. The minimum atomic E-state index is -0.376. The second kappa shape index (κ2) is 7.66. The standard InChI is InChI=1S/C13H18FNO3/c1-3-18-13(16)9-17-7-6-15-11-5-4-10(2)12(14)8-11/h4-5,8,15H,3,6-7,9H2,1-2H3. The van der Waals surface area contributed by atoms with Gasteiger partial charge in [0.1, 0.15) is 12.4 Å². The number of rotatable bonds is 7. The third-order valence-electron chi connectivity index (χ3n) is 2.27. The van der Waals surface area contributed by atoms with Gasteiger partial charge in [-0.2, -0.15) is 0 Å². The first kappa shape index (κ1) is 14.4. The molecule has 0 spiro atoms. The second-order valence-electron chi connectivity index (χ2n) is 3.75. The number of hydrogen-bond acceptors (Lipinski definition) is 4. The largest absolute Gasteiger partial charge is 0.464 e. The van der Waals surface area contributed by atoms with Crippen LogP contribution in [0.2, 0.25) is 0 Å². The fourth-order valence-electron chi connectivity index (χ4n) is 1.33. The lowest BCUT2D eigenvalue weighted by Crippen LogP contribution is -2.16. The van der Waals surface area contributed by atoms with Crippen molar-refractivity contribution in [2.45, 2.75) is 13.8 Å². The number of carbonyl (C=O) groups is 1. The van der Waals surface area contributed by atoms with Crippen molar-refractivity contribution in [2.75, 3.05) is 31.7 Å². The Morgan fingerprint density at radius 1 is 1.44 bits per heavy atom. The average Bonchev–Trinajstić information content (AvgIpc) is 2.33. The molecule has 0 aliphatic rings. The number of hydrogen-bond donors (Lipinski definition) is 1. The van der Waals surface area contributed by atoms with Gasteiger partial charge in [0.05, 0.1) is 13.2 Å². The molecule has 1 N–H and O–H groups in total. The number of carbonyl (C=O) groups excluding carboxylic acids is 1. The summed E-state index contributed by atoms with van der Waals surface area (Å²) in [5.74, 6) is -0.619. The van der Waals surface area contributed by atoms with E-state index < -0.39 is 0 Å². The fourth-order valence-corrected chi connectivity index (χ4v) is 1.33. The normalized spacial score (nSPS) is 10.2. The molecule has 4 nitrogen and oxygen atoms in total. The fraction of sp³-hybridized carbons (Fsp3) is 0.462. The highest BCUT2D eigenvalue weighted by molar-refractivity contribution is 5.70. The van der Waals surface area contributed by atoms with Crippen LogP contribution in [-0.2, 0) is 14.3 Å². The molecule has 0 bridgehead atoms. The molecule has 0 radical (unpaired) electrons. The molecule has 0 aliphatic heterocycles. The van der Waals surface area contributed by atoms with Crippen molar-refractivity contribution in [3.05, 3.63) is 29.6 Å². The summed E-state index contributed by atoms with van der Waals surface area (Å²) in [4.78, 5) is 10.9. The van der Waals surface area contributed by atoms with Gasteiger partial charge in [-0.05, 0) is 31.5 Å². The molecule has 5 heteroatoms. The quantitative estimate of drug-likeness (QED) is 0.599. The Labute approximate surface area is 106 Å². The summed E-state index contributed by atoms with van der Waals surface area (Å²) in [5, 5.41) is 3.00. The van der Waals surface area contributed by atoms with Gasteiger partial charge in [-0.1, -0.05) is 6.07 Å². The average molecular weight is 255 g/mol. The van der Waals surface area contributed by atoms with E-state index in [-0.39, 0.29) is 18.4 Å². The zero-order chi connectivity index (χ0) is 13.4. The highest BCUT2D eigenvalue weighted by atomic mass is 19.1. The molecule has 0 atom stereocenters. The van der Waals surface area contributed by atoms with Gasteiger partial charge in [-0.15, -0.1) is 0 Å². The number of benzene rings is 1. The molecule has 0 aromatic heterocycles. The highest BCUT2D eigenvalue weighted by Gasteiger charge is 2.01. The van der Waals surface area contributed by atoms with E-state index in [4.69, 9.17) is 9.47 Å². The van der Waals surface area contributed by atoms with E-state index in [0.717, 1.165) is 0 Å². The number of aryl methyl sites for hydroxylation is 1. The maximum absolute atomic E-state index is 13.2. The molecule has 1 rings (SSSR count). The third kappa shape index (κ3) is 5.14. The molecular formula is C13H18FNO3. The summed E-state index contributed by atoms with van der Waals surface area (Å²) in [5.41, 5.74) is 1.30. The Hall–Kier alpha value is -1.62. The van der Waals surface area contributed by atoms with Crippen LogP contribution in [0, 0.1) is 12.7 Å². The number of esters is 1. The zero-order valence-electron chi connectivity index (χ0n) is 10.7. The summed E-state index contributed by atoms with van der Waals surface area (Å²) >= 11 is 0. The lowest BCUT2D eigenvalue weighted by molar-refractivity contribution is -0.148. The van der Waals surface area contributed by atoms with Crippen LogP contribution >= 0.6 is 0 Å². The second-order valence-corrected chi connectivity index (χ2v) is 3.75. The van der Waals surface area contributed by atoms with Gasteiger partial charge in [0.15, 0.2) is 0 Å². The summed E-state index contributed by atoms with van der Waals surface area (Å²) in [7, 11) is 0. The first-order valence-electron chi connectivity index (χ1n) is 5.87. The SMILES string of the molecule is CCOC(=O)COCCNc1ccc(C)c(F)c1. The van der Waals surface area contributed by atoms with Crippen LogP contribution in [0.5, 0.6) is 0 Å². The van der Waals surface area contributed by atoms with Crippen LogP contribution in [0.4, 0.5) is 10.1 Å². The molecule has 0 unspecified atom stereocenters. The number of ether oxygens (including phenoxy) is 2. The number of halogens is 1. The van der Waals surface area contributed by atoms with E-state index in [1.165, 1.54) is 6.07 Å². The Balaban J connectivity index is 2.18. The Morgan fingerprint density at radius 2 is 2.22 bits per heavy atom. The van der Waals surface area contributed by atoms with E-state index in [1.54, 1.807) is 26.0 Å². The molecule has 0 saturated carbocycles. The van der Waals surface area contributed by atoms with Gasteiger partial charge in [0.25, 0.3) is 0 Å². The maximum Gasteiger partial charge on any atom is 0.332 e. The molecule has 1 aromatic carbocycles. The highest BCUT2D eigenvalue weighted by Crippen LogP contribution is 2.12. The summed E-state index contributed by atoms with van der Waals surface area (Å²) in [6.45, 7) is 4.60. The van der Waals surface area contributed by atoms with Crippen LogP contribution in [0.1, 0.15) is 12.5 Å². The Bertz CT molecular complexity index is 396. The van der Waals surface area contributed by atoms with E-state index in [9.17, 15) is 9.18 Å². The van der Waals surface area contributed by atoms with Crippen molar-refractivity contribution in [1.29, 1.82) is 0 Å². The molecule has 0 heterocycles. The van der Waals surface area contributed by atoms with Crippen molar-refractivity contribution in [2.24, 2.45) is 0 Å². The third-order valence-corrected chi connectivity index (χ3v) is 2.27. The molecule has 18 heavy (non-hydrogen) atoms. The van der Waals surface area contributed by atoms with Crippen molar-refractivity contribution in [3.8, 4) is 0 Å². The van der Waals surface area contributed by atoms with Crippen molar-refractivity contribution in [1.82, 2.24) is 0 Å². The van der Waals surface area contributed by atoms with Gasteiger partial charge >= 0.3 is 5.97 Å². The van der Waals surface area contributed by atoms with Gasteiger partial charge in [0, 0.05) is 12.2 Å². The zero-order valence-corrected chi connectivity index (χ0v) is 10.7. The number of nitrogens with one attached hydrogen (secondary N) is 1. The van der Waals surface area contributed by atoms with Gasteiger partial charge in [-0.3, -0.25) is 0 Å². The summed E-state index contributed by atoms with van der Waals surface area (Å²) < 4.78 is 23.0. The molecule has 0 saturated heterocycles. The van der Waals surface area contributed by atoms with Crippen LogP contribution in [0.15, 0.2) is 18.2 Å². The summed E-state index contributed by atoms with van der Waals surface area (Å²) in [6, 6.07) is 4.93. The first-order chi connectivity index (χ1) is 8.63. The summed E-state index contributed by atoms with van der Waals surface area (Å²) in [6.07, 6.45) is 0. The molecule has 0 amide bonds. The molecule has 100 valence electrons. The van der Waals surface area contributed by atoms with Crippen LogP contribution in [-0.4, -0.2) is 32.3 Å². The topological polar surface area (TPSA) is 47.6 Å². The lowest BCUT2D eigenvalue weighted by atomic mass is 10.2. The van der Waals surface area contributed by atoms with Gasteiger partial charge in [-0.25, -0.2) is 9.18 Å². The van der Waals surface area contributed by atoms with Crippen LogP contribution in [0.25, 0.3) is 0 Å². The minimum Gasteiger partial charge on any atom is -0.464 e. The van der Waals surface area contributed by atoms with Crippen LogP contribution in [0.3, 0.4) is 0 Å². The minimum absolute atomic E-state index is 0.0578. The van der Waals surface area contributed by atoms with E-state index in [2.05, 4.69) is 5.32 Å². The predicted octanol–water partition coefficient (Wildman–Crippen LogP) is 2.13. The van der Waals surface area contributed by atoms with Crippen LogP contribution < -0.4 is 5.32 Å². The van der Waals surface area contributed by atoms with Gasteiger partial charge in [0.2, 0.25) is 0 Å². The molecule has 0 aliphatic carbocycles. The van der Waals surface area contributed by atoms with Crippen molar-refractivity contribution < 1.29 is 18.7 Å². The maximum atomic E-state index is 13.2. The molecule has 0 fully saturated rings. The monoisotopic (exact) mass is 255 g/mol. The van der Waals surface area contributed by atoms with Gasteiger partial charge < -0.3 is 14.8 Å². The predicted molar refractivity (Wildman–Crippen MR) is 67.1 cm³/mol. The lowest BCUT2D eigenvalue weighted by Gasteiger charge is -2.08. The smallest absolute Gasteiger partial charge is 0.332 e. The van der Waals surface area contributed by atoms with Crippen molar-refractivity contribution in [3.63, 3.8) is 0 Å². The first-order valence-corrected chi connectivity index (χ1v) is 5.87. The number of anilines is 1. The molecule has 1 aromatic rings. The van der Waals surface area contributed by atoms with E-state index >= 15 is 0 Å². The Kier molecular flexibility index (Phi) is 6.14.